The molecule has 1 aromatic carbocycles. The highest BCUT2D eigenvalue weighted by molar-refractivity contribution is 5.25. The maximum atomic E-state index is 13.7. The lowest BCUT2D eigenvalue weighted by molar-refractivity contribution is 0.295. The molecule has 0 heterocycles. The van der Waals surface area contributed by atoms with Crippen molar-refractivity contribution in [2.45, 2.75) is 32.7 Å². The van der Waals surface area contributed by atoms with Gasteiger partial charge in [-0.1, -0.05) is 19.1 Å². The predicted molar refractivity (Wildman–Crippen MR) is 82.3 cm³/mol. The van der Waals surface area contributed by atoms with Crippen molar-refractivity contribution >= 4 is 0 Å². The van der Waals surface area contributed by atoms with E-state index in [2.05, 4.69) is 24.2 Å². The van der Waals surface area contributed by atoms with Crippen molar-refractivity contribution in [1.29, 1.82) is 0 Å². The Bertz CT molecular complexity index is 447. The van der Waals surface area contributed by atoms with E-state index in [1.165, 1.54) is 13.0 Å². The van der Waals surface area contributed by atoms with E-state index in [0.717, 1.165) is 30.4 Å². The zero-order valence-corrected chi connectivity index (χ0v) is 13.1. The molecule has 20 heavy (non-hydrogen) atoms. The van der Waals surface area contributed by atoms with Crippen LogP contribution in [0.3, 0.4) is 0 Å². The number of nitrogens with zero attached hydrogens (tertiary/aromatic N) is 1. The Kier molecular flexibility index (Phi) is 5.17. The van der Waals surface area contributed by atoms with Gasteiger partial charge in [0.2, 0.25) is 0 Å². The molecule has 1 aliphatic rings. The first-order valence-electron chi connectivity index (χ1n) is 7.63. The normalized spacial score (nSPS) is 23.1. The average molecular weight is 278 g/mol. The van der Waals surface area contributed by atoms with Gasteiger partial charge in [0.15, 0.2) is 0 Å². The van der Waals surface area contributed by atoms with Gasteiger partial charge in [0, 0.05) is 12.6 Å². The van der Waals surface area contributed by atoms with Crippen molar-refractivity contribution in [2.24, 2.45) is 11.8 Å². The fourth-order valence-corrected chi connectivity index (χ4v) is 2.80. The number of rotatable bonds is 7. The van der Waals surface area contributed by atoms with Crippen LogP contribution in [-0.4, -0.2) is 32.1 Å². The van der Waals surface area contributed by atoms with E-state index in [4.69, 9.17) is 0 Å². The van der Waals surface area contributed by atoms with Gasteiger partial charge in [0.1, 0.15) is 5.82 Å². The largest absolute Gasteiger partial charge is 0.313 e. The molecule has 0 spiro atoms. The minimum Gasteiger partial charge on any atom is -0.313 e. The van der Waals surface area contributed by atoms with Crippen LogP contribution in [-0.2, 0) is 0 Å². The van der Waals surface area contributed by atoms with Crippen LogP contribution in [0, 0.1) is 24.6 Å². The van der Waals surface area contributed by atoms with Crippen molar-refractivity contribution in [3.05, 3.63) is 35.1 Å². The molecule has 0 aromatic heterocycles. The summed E-state index contributed by atoms with van der Waals surface area (Å²) in [6.45, 7) is 6.37. The van der Waals surface area contributed by atoms with Gasteiger partial charge in [-0.2, -0.15) is 0 Å². The van der Waals surface area contributed by atoms with Crippen molar-refractivity contribution in [3.63, 3.8) is 0 Å². The summed E-state index contributed by atoms with van der Waals surface area (Å²) in [5, 5.41) is 3.30. The minimum absolute atomic E-state index is 0.108. The first-order chi connectivity index (χ1) is 9.51. The van der Waals surface area contributed by atoms with E-state index >= 15 is 0 Å². The molecule has 112 valence electrons. The van der Waals surface area contributed by atoms with Gasteiger partial charge in [-0.25, -0.2) is 4.39 Å². The third kappa shape index (κ3) is 4.03. The molecule has 1 saturated carbocycles. The molecule has 0 radical (unpaired) electrons. The lowest BCUT2D eigenvalue weighted by Gasteiger charge is -2.22. The van der Waals surface area contributed by atoms with Crippen molar-refractivity contribution < 1.29 is 4.39 Å². The molecule has 2 rings (SSSR count). The summed E-state index contributed by atoms with van der Waals surface area (Å²) in [6, 6.07) is 5.79. The molecule has 3 heteroatoms. The summed E-state index contributed by atoms with van der Waals surface area (Å²) < 4.78 is 13.7. The third-order valence-electron chi connectivity index (χ3n) is 4.57. The molecule has 3 unspecified atom stereocenters. The van der Waals surface area contributed by atoms with Gasteiger partial charge >= 0.3 is 0 Å². The lowest BCUT2D eigenvalue weighted by Crippen LogP contribution is -2.27. The van der Waals surface area contributed by atoms with E-state index in [1.807, 2.05) is 19.2 Å². The van der Waals surface area contributed by atoms with Crippen molar-refractivity contribution in [1.82, 2.24) is 10.2 Å². The van der Waals surface area contributed by atoms with Crippen LogP contribution in [0.15, 0.2) is 18.2 Å². The summed E-state index contributed by atoms with van der Waals surface area (Å²) in [7, 11) is 4.14. The SMILES string of the molecule is CNC(CCN(C)CC1CC1C)c1ccc(C)c(F)c1. The fourth-order valence-electron chi connectivity index (χ4n) is 2.80. The second kappa shape index (κ2) is 6.68. The highest BCUT2D eigenvalue weighted by Crippen LogP contribution is 2.38. The second-order valence-corrected chi connectivity index (χ2v) is 6.37. The van der Waals surface area contributed by atoms with Gasteiger partial charge in [-0.15, -0.1) is 0 Å². The minimum atomic E-state index is -0.108. The van der Waals surface area contributed by atoms with Crippen molar-refractivity contribution in [2.75, 3.05) is 27.2 Å². The molecule has 1 aliphatic carbocycles. The van der Waals surface area contributed by atoms with E-state index in [9.17, 15) is 4.39 Å². The van der Waals surface area contributed by atoms with Crippen LogP contribution in [0.1, 0.15) is 36.9 Å². The maximum Gasteiger partial charge on any atom is 0.126 e. The Labute approximate surface area is 122 Å². The molecular weight excluding hydrogens is 251 g/mol. The number of hydrogen-bond acceptors (Lipinski definition) is 2. The molecule has 0 bridgehead atoms. The van der Waals surface area contributed by atoms with Crippen LogP contribution in [0.5, 0.6) is 0 Å². The van der Waals surface area contributed by atoms with Gasteiger partial charge in [-0.05, 0) is 69.4 Å². The van der Waals surface area contributed by atoms with Gasteiger partial charge in [0.25, 0.3) is 0 Å². The lowest BCUT2D eigenvalue weighted by atomic mass is 10.0. The Morgan fingerprint density at radius 2 is 2.15 bits per heavy atom. The highest BCUT2D eigenvalue weighted by Gasteiger charge is 2.33. The fraction of sp³-hybridized carbons (Fsp3) is 0.647. The van der Waals surface area contributed by atoms with E-state index < -0.39 is 0 Å². The number of aryl methyl sites for hydroxylation is 1. The molecule has 0 saturated heterocycles. The number of nitrogens with one attached hydrogen (secondary N) is 1. The van der Waals surface area contributed by atoms with Gasteiger partial charge in [0.05, 0.1) is 0 Å². The zero-order valence-electron chi connectivity index (χ0n) is 13.1. The zero-order chi connectivity index (χ0) is 14.7. The Morgan fingerprint density at radius 3 is 2.70 bits per heavy atom. The van der Waals surface area contributed by atoms with Crippen LogP contribution >= 0.6 is 0 Å². The number of benzene rings is 1. The summed E-state index contributed by atoms with van der Waals surface area (Å²) in [6.07, 6.45) is 2.39. The van der Waals surface area contributed by atoms with E-state index in [1.54, 1.807) is 13.0 Å². The van der Waals surface area contributed by atoms with Crippen LogP contribution < -0.4 is 5.32 Å². The summed E-state index contributed by atoms with van der Waals surface area (Å²) >= 11 is 0. The summed E-state index contributed by atoms with van der Waals surface area (Å²) in [4.78, 5) is 2.41. The molecule has 1 fully saturated rings. The number of hydrogen-bond donors (Lipinski definition) is 1. The average Bonchev–Trinajstić information content (AvgIpc) is 3.09. The van der Waals surface area contributed by atoms with Crippen LogP contribution in [0.4, 0.5) is 4.39 Å². The monoisotopic (exact) mass is 278 g/mol. The standard InChI is InChI=1S/C17H27FN2/c1-12-5-6-14(10-16(12)18)17(19-3)7-8-20(4)11-15-9-13(15)2/h5-6,10,13,15,17,19H,7-9,11H2,1-4H3. The molecule has 0 amide bonds. The van der Waals surface area contributed by atoms with Crippen LogP contribution in [0.25, 0.3) is 0 Å². The number of halogens is 1. The first kappa shape index (κ1) is 15.5. The van der Waals surface area contributed by atoms with Gasteiger partial charge in [-0.3, -0.25) is 0 Å². The molecule has 2 nitrogen and oxygen atoms in total. The molecular formula is C17H27FN2. The Morgan fingerprint density at radius 1 is 1.45 bits per heavy atom. The van der Waals surface area contributed by atoms with Crippen molar-refractivity contribution in [3.8, 4) is 0 Å². The predicted octanol–water partition coefficient (Wildman–Crippen LogP) is 3.37. The molecule has 3 atom stereocenters. The summed E-state index contributed by atoms with van der Waals surface area (Å²) in [5.41, 5.74) is 1.76. The second-order valence-electron chi connectivity index (χ2n) is 6.37. The molecule has 1 aromatic rings. The Hall–Kier alpha value is -0.930. The smallest absolute Gasteiger partial charge is 0.126 e. The highest BCUT2D eigenvalue weighted by atomic mass is 19.1. The first-order valence-corrected chi connectivity index (χ1v) is 7.63. The van der Waals surface area contributed by atoms with E-state index in [-0.39, 0.29) is 11.9 Å². The molecule has 0 aliphatic heterocycles. The quantitative estimate of drug-likeness (QED) is 0.822. The topological polar surface area (TPSA) is 15.3 Å². The Balaban J connectivity index is 1.86. The van der Waals surface area contributed by atoms with Crippen LogP contribution in [0.2, 0.25) is 0 Å². The maximum absolute atomic E-state index is 13.7. The van der Waals surface area contributed by atoms with E-state index in [0.29, 0.717) is 5.56 Å². The summed E-state index contributed by atoms with van der Waals surface area (Å²) in [5.74, 6) is 1.69. The molecule has 1 N–H and O–H groups in total. The van der Waals surface area contributed by atoms with Gasteiger partial charge < -0.3 is 10.2 Å². The third-order valence-corrected chi connectivity index (χ3v) is 4.57.